The number of β-lactam (4-membered cyclic amide) rings is 1. The quantitative estimate of drug-likeness (QED) is 0.121. The highest BCUT2D eigenvalue weighted by Crippen LogP contribution is 2.38. The molecule has 3 rings (SSSR count). The van der Waals surface area contributed by atoms with Crippen molar-refractivity contribution in [3.8, 4) is 0 Å². The Kier molecular flexibility index (Phi) is 9.11. The van der Waals surface area contributed by atoms with Crippen LogP contribution in [0.15, 0.2) is 22.3 Å². The van der Waals surface area contributed by atoms with Crippen molar-refractivity contribution in [1.82, 2.24) is 15.2 Å². The Bertz CT molecular complexity index is 1190. The third-order valence-electron chi connectivity index (χ3n) is 5.12. The monoisotopic (exact) mass is 568 g/mol. The summed E-state index contributed by atoms with van der Waals surface area (Å²) in [6.45, 7) is 5.90. The lowest BCUT2D eigenvalue weighted by atomic mass is 9.98. The lowest BCUT2D eigenvalue weighted by molar-refractivity contribution is -0.173. The van der Waals surface area contributed by atoms with E-state index in [0.29, 0.717) is 5.75 Å². The molecule has 2 aliphatic heterocycles. The smallest absolute Gasteiger partial charge is 0.357 e. The Balaban J connectivity index is 1.62. The molecule has 3 heterocycles. The highest BCUT2D eigenvalue weighted by Gasteiger charge is 2.53. The number of nitrogens with one attached hydrogen (secondary N) is 2. The van der Waals surface area contributed by atoms with Gasteiger partial charge in [-0.3, -0.25) is 24.1 Å². The van der Waals surface area contributed by atoms with Crippen molar-refractivity contribution in [1.29, 1.82) is 0 Å². The van der Waals surface area contributed by atoms with E-state index in [-0.39, 0.29) is 22.2 Å². The number of thioether (sulfide) groups is 1. The van der Waals surface area contributed by atoms with Crippen molar-refractivity contribution in [3.63, 3.8) is 0 Å². The van der Waals surface area contributed by atoms with Gasteiger partial charge in [0.05, 0.1) is 11.5 Å². The molecule has 14 nitrogen and oxygen atoms in total. The van der Waals surface area contributed by atoms with E-state index in [1.807, 2.05) is 0 Å². The van der Waals surface area contributed by atoms with Gasteiger partial charge >= 0.3 is 11.9 Å². The molecule has 0 bridgehead atoms. The third kappa shape index (κ3) is 6.49. The van der Waals surface area contributed by atoms with E-state index in [2.05, 4.69) is 20.8 Å². The summed E-state index contributed by atoms with van der Waals surface area (Å²) in [5.41, 5.74) is 4.67. The average molecular weight is 569 g/mol. The molecule has 1 unspecified atom stereocenters. The fraction of sp³-hybridized carbons (Fsp3) is 0.500. The van der Waals surface area contributed by atoms with E-state index in [1.54, 1.807) is 20.8 Å². The molecule has 0 spiro atoms. The molecule has 1 aromatic rings. The number of nitrogens with zero attached hydrogens (tertiary/aromatic N) is 3. The predicted octanol–water partition coefficient (Wildman–Crippen LogP) is 0.153. The van der Waals surface area contributed by atoms with Gasteiger partial charge in [-0.15, -0.1) is 23.1 Å². The maximum atomic E-state index is 13.0. The van der Waals surface area contributed by atoms with Crippen molar-refractivity contribution in [2.75, 3.05) is 25.0 Å². The van der Waals surface area contributed by atoms with E-state index in [9.17, 15) is 24.0 Å². The number of amides is 3. The Morgan fingerprint density at radius 2 is 2.00 bits per heavy atom. The van der Waals surface area contributed by atoms with Crippen LogP contribution in [-0.4, -0.2) is 82.4 Å². The number of ether oxygens (including phenoxy) is 2. The van der Waals surface area contributed by atoms with Gasteiger partial charge < -0.3 is 30.7 Å². The third-order valence-corrected chi connectivity index (χ3v) is 7.06. The number of hydrogen-bond acceptors (Lipinski definition) is 13. The molecular weight excluding hydrogens is 540 g/mol. The minimum Gasteiger partial charge on any atom is -0.427 e. The number of hydrogen-bond donors (Lipinski definition) is 3. The zero-order valence-electron chi connectivity index (χ0n) is 21.3. The highest BCUT2D eigenvalue weighted by molar-refractivity contribution is 8.00. The van der Waals surface area contributed by atoms with Gasteiger partial charge in [0, 0.05) is 11.1 Å². The summed E-state index contributed by atoms with van der Waals surface area (Å²) in [6, 6.07) is -1.71. The van der Waals surface area contributed by atoms with E-state index in [1.165, 1.54) is 42.2 Å². The van der Waals surface area contributed by atoms with Crippen LogP contribution in [0.25, 0.3) is 0 Å². The first kappa shape index (κ1) is 29.1. The molecule has 0 saturated carbocycles. The van der Waals surface area contributed by atoms with E-state index >= 15 is 0 Å². The first-order valence-electron chi connectivity index (χ1n) is 11.3. The van der Waals surface area contributed by atoms with Crippen LogP contribution in [0.3, 0.4) is 0 Å². The number of oxime groups is 1. The van der Waals surface area contributed by atoms with Crippen LogP contribution in [0.4, 0.5) is 5.13 Å². The molecule has 0 aliphatic carbocycles. The summed E-state index contributed by atoms with van der Waals surface area (Å²) in [5, 5.41) is 9.96. The average Bonchev–Trinajstić information content (AvgIpc) is 3.31. The number of esters is 2. The molecule has 1 aromatic heterocycles. The summed E-state index contributed by atoms with van der Waals surface area (Å²) in [7, 11) is 1.24. The number of rotatable bonds is 9. The fourth-order valence-electron chi connectivity index (χ4n) is 3.12. The molecule has 206 valence electrons. The summed E-state index contributed by atoms with van der Waals surface area (Å²) >= 11 is 2.38. The van der Waals surface area contributed by atoms with Gasteiger partial charge in [-0.2, -0.15) is 0 Å². The van der Waals surface area contributed by atoms with Gasteiger partial charge in [0.25, 0.3) is 11.8 Å². The molecule has 0 radical (unpaired) electrons. The molecule has 3 atom stereocenters. The Labute approximate surface area is 226 Å². The van der Waals surface area contributed by atoms with Crippen molar-refractivity contribution in [2.24, 2.45) is 16.3 Å². The van der Waals surface area contributed by atoms with Crippen LogP contribution >= 0.6 is 23.1 Å². The number of carbonyl (C=O) groups excluding carboxylic acids is 5. The van der Waals surface area contributed by atoms with Crippen LogP contribution in [0, 0.1) is 5.41 Å². The molecule has 4 N–H and O–H groups in total. The maximum Gasteiger partial charge on any atom is 0.357 e. The lowest BCUT2D eigenvalue weighted by Crippen LogP contribution is -2.70. The molecule has 38 heavy (non-hydrogen) atoms. The van der Waals surface area contributed by atoms with Crippen molar-refractivity contribution in [2.45, 2.75) is 45.2 Å². The van der Waals surface area contributed by atoms with Crippen LogP contribution in [-0.2, 0) is 38.3 Å². The zero-order chi connectivity index (χ0) is 28.2. The van der Waals surface area contributed by atoms with Gasteiger partial charge in [0.2, 0.25) is 12.7 Å². The van der Waals surface area contributed by atoms with Gasteiger partial charge in [-0.05, 0) is 33.8 Å². The number of thiazole rings is 1. The fourth-order valence-corrected chi connectivity index (χ4v) is 5.01. The van der Waals surface area contributed by atoms with E-state index in [0.717, 1.165) is 11.3 Å². The van der Waals surface area contributed by atoms with Crippen LogP contribution in [0.5, 0.6) is 0 Å². The summed E-state index contributed by atoms with van der Waals surface area (Å²) in [6.07, 6.45) is 1.52. The van der Waals surface area contributed by atoms with Gasteiger partial charge in [0.1, 0.15) is 29.9 Å². The molecule has 16 heteroatoms. The normalized spacial score (nSPS) is 19.8. The minimum atomic E-state index is -0.958. The number of anilines is 1. The second kappa shape index (κ2) is 11.9. The maximum absolute atomic E-state index is 13.0. The molecule has 1 fully saturated rings. The number of carbonyl (C=O) groups is 5. The SMILES string of the molecule is CON=C(C(=O)NC1C(=O)N2C(C(=O)OCOC(=O)C(C)(C)C)=CCS[C@H]12)c1csc(NC(=O)[C@H](C)N)n1. The number of aromatic nitrogens is 1. The lowest BCUT2D eigenvalue weighted by Gasteiger charge is -2.48. The number of nitrogens with two attached hydrogens (primary N) is 1. The van der Waals surface area contributed by atoms with Crippen molar-refractivity contribution in [3.05, 3.63) is 22.8 Å². The molecule has 2 aliphatic rings. The van der Waals surface area contributed by atoms with Crippen LogP contribution < -0.4 is 16.4 Å². The topological polar surface area (TPSA) is 192 Å². The van der Waals surface area contributed by atoms with Gasteiger partial charge in [-0.1, -0.05) is 5.16 Å². The Morgan fingerprint density at radius 3 is 2.63 bits per heavy atom. The predicted molar refractivity (Wildman–Crippen MR) is 138 cm³/mol. The minimum absolute atomic E-state index is 0.00384. The molecule has 1 saturated heterocycles. The number of fused-ring (bicyclic) bond motifs is 1. The largest absolute Gasteiger partial charge is 0.427 e. The highest BCUT2D eigenvalue weighted by atomic mass is 32.2. The van der Waals surface area contributed by atoms with Crippen LogP contribution in [0.1, 0.15) is 33.4 Å². The van der Waals surface area contributed by atoms with E-state index in [4.69, 9.17) is 20.0 Å². The standard InChI is InChI=1S/C22H28N6O8S2/c1-10(23)15(29)26-21-24-11(8-38-21)13(27-34-5)16(30)25-14-17(31)28-12(6-7-37-18(14)28)19(32)35-9-36-20(33)22(2,3)4/h6,8,10,14,18H,7,9,23H2,1-5H3,(H,25,30)(H,24,26,29)/t10-,14?,18+/m0/s1. The van der Waals surface area contributed by atoms with Gasteiger partial charge in [-0.25, -0.2) is 9.78 Å². The van der Waals surface area contributed by atoms with Crippen LogP contribution in [0.2, 0.25) is 0 Å². The molecule has 3 amide bonds. The molecular formula is C22H28N6O8S2. The first-order valence-corrected chi connectivity index (χ1v) is 13.2. The van der Waals surface area contributed by atoms with Crippen molar-refractivity contribution < 1.29 is 38.3 Å². The van der Waals surface area contributed by atoms with Gasteiger partial charge in [0.15, 0.2) is 10.8 Å². The van der Waals surface area contributed by atoms with E-state index < -0.39 is 59.3 Å². The van der Waals surface area contributed by atoms with Crippen molar-refractivity contribution >= 4 is 63.6 Å². The summed E-state index contributed by atoms with van der Waals surface area (Å²) < 4.78 is 9.96. The molecule has 0 aromatic carbocycles. The Hall–Kier alpha value is -3.50. The Morgan fingerprint density at radius 1 is 1.29 bits per heavy atom. The second-order valence-electron chi connectivity index (χ2n) is 9.14. The summed E-state index contributed by atoms with van der Waals surface area (Å²) in [4.78, 5) is 72.2. The first-order chi connectivity index (χ1) is 17.8. The zero-order valence-corrected chi connectivity index (χ0v) is 22.9. The second-order valence-corrected chi connectivity index (χ2v) is 11.2. The summed E-state index contributed by atoms with van der Waals surface area (Å²) in [5.74, 6) is -2.73.